The molecular weight excluding hydrogens is 393 g/mol. The Morgan fingerprint density at radius 3 is 2.65 bits per heavy atom. The number of hydrogen-bond acceptors (Lipinski definition) is 4. The van der Waals surface area contributed by atoms with Gasteiger partial charge in [-0.15, -0.1) is 0 Å². The van der Waals surface area contributed by atoms with Crippen LogP contribution in [-0.2, 0) is 24.3 Å². The summed E-state index contributed by atoms with van der Waals surface area (Å²) < 4.78 is 15.3. The fourth-order valence-electron chi connectivity index (χ4n) is 4.59. The predicted molar refractivity (Wildman–Crippen MR) is 116 cm³/mol. The Hall–Kier alpha value is -3.06. The molecule has 1 aromatic heterocycles. The molecule has 2 aromatic carbocycles. The van der Waals surface area contributed by atoms with Crippen molar-refractivity contribution in [1.82, 2.24) is 25.0 Å². The highest BCUT2D eigenvalue weighted by atomic mass is 19.1. The topological polar surface area (TPSA) is 63.1 Å². The van der Waals surface area contributed by atoms with E-state index in [1.165, 1.54) is 23.3 Å². The van der Waals surface area contributed by atoms with Crippen LogP contribution in [-0.4, -0.2) is 44.2 Å². The second-order valence-electron chi connectivity index (χ2n) is 8.79. The molecule has 0 atom stereocenters. The number of nitrogens with zero attached hydrogens (tertiary/aromatic N) is 4. The maximum Gasteiger partial charge on any atom is 0.242 e. The second kappa shape index (κ2) is 7.89. The normalized spacial score (nSPS) is 18.5. The van der Waals surface area contributed by atoms with Crippen LogP contribution in [0.5, 0.6) is 0 Å². The molecule has 1 N–H and O–H groups in total. The molecule has 160 valence electrons. The molecule has 0 saturated carbocycles. The van der Waals surface area contributed by atoms with Gasteiger partial charge in [-0.05, 0) is 37.5 Å². The predicted octanol–water partition coefficient (Wildman–Crippen LogP) is 3.10. The molecule has 2 aliphatic heterocycles. The third-order valence-corrected chi connectivity index (χ3v) is 6.37. The number of fused-ring (bicyclic) bond motifs is 1. The summed E-state index contributed by atoms with van der Waals surface area (Å²) in [6.07, 6.45) is 2.37. The number of benzene rings is 2. The van der Waals surface area contributed by atoms with E-state index in [4.69, 9.17) is 0 Å². The zero-order valence-corrected chi connectivity index (χ0v) is 17.6. The zero-order chi connectivity index (χ0) is 21.4. The molecule has 1 saturated heterocycles. The lowest BCUT2D eigenvalue weighted by Gasteiger charge is -2.41. The summed E-state index contributed by atoms with van der Waals surface area (Å²) in [6, 6.07) is 14.9. The Labute approximate surface area is 181 Å². The van der Waals surface area contributed by atoms with E-state index in [9.17, 15) is 9.18 Å². The van der Waals surface area contributed by atoms with E-state index in [0.29, 0.717) is 17.8 Å². The van der Waals surface area contributed by atoms with E-state index >= 15 is 0 Å². The van der Waals surface area contributed by atoms with Crippen molar-refractivity contribution in [2.24, 2.45) is 0 Å². The number of halogens is 1. The largest absolute Gasteiger partial charge is 0.349 e. The van der Waals surface area contributed by atoms with Crippen LogP contribution in [0.15, 0.2) is 48.5 Å². The van der Waals surface area contributed by atoms with E-state index in [1.807, 2.05) is 0 Å². The van der Waals surface area contributed by atoms with Gasteiger partial charge in [0.1, 0.15) is 18.2 Å². The number of piperidine rings is 1. The number of rotatable bonds is 3. The molecule has 0 aliphatic carbocycles. The van der Waals surface area contributed by atoms with Crippen LogP contribution in [0.3, 0.4) is 0 Å². The van der Waals surface area contributed by atoms with Crippen LogP contribution in [0.4, 0.5) is 4.39 Å². The summed E-state index contributed by atoms with van der Waals surface area (Å²) in [4.78, 5) is 19.8. The lowest BCUT2D eigenvalue weighted by atomic mass is 9.84. The number of likely N-dealkylation sites (tertiary alicyclic amines) is 1. The third-order valence-electron chi connectivity index (χ3n) is 6.37. The highest BCUT2D eigenvalue weighted by molar-refractivity contribution is 5.77. The Balaban J connectivity index is 1.32. The SMILES string of the molecule is Cc1ccc(CN2CCC3(CC2)Cc2nc(-c4cccc(F)c4)nn2CC(=O)N3)cc1. The van der Waals surface area contributed by atoms with Crippen LogP contribution >= 0.6 is 0 Å². The molecule has 31 heavy (non-hydrogen) atoms. The average molecular weight is 420 g/mol. The standard InChI is InChI=1S/C24H26FN5O/c1-17-5-7-18(8-6-17)15-29-11-9-24(10-12-29)14-21-26-23(19-3-2-4-20(25)13-19)28-30(21)16-22(31)27-24/h2-8,13H,9-12,14-16H2,1H3,(H,27,31). The molecule has 1 spiro atoms. The van der Waals surface area contributed by atoms with Gasteiger partial charge in [-0.25, -0.2) is 14.1 Å². The van der Waals surface area contributed by atoms with Crippen molar-refractivity contribution in [3.05, 3.63) is 71.3 Å². The number of nitrogens with one attached hydrogen (secondary N) is 1. The van der Waals surface area contributed by atoms with Crippen LogP contribution in [0.1, 0.15) is 29.8 Å². The molecule has 5 rings (SSSR count). The zero-order valence-electron chi connectivity index (χ0n) is 17.6. The van der Waals surface area contributed by atoms with Crippen molar-refractivity contribution < 1.29 is 9.18 Å². The maximum atomic E-state index is 13.6. The van der Waals surface area contributed by atoms with E-state index < -0.39 is 0 Å². The van der Waals surface area contributed by atoms with Gasteiger partial charge in [-0.2, -0.15) is 5.10 Å². The lowest BCUT2D eigenvalue weighted by Crippen LogP contribution is -2.56. The van der Waals surface area contributed by atoms with Crippen LogP contribution in [0.2, 0.25) is 0 Å². The fourth-order valence-corrected chi connectivity index (χ4v) is 4.59. The number of carbonyl (C=O) groups is 1. The summed E-state index contributed by atoms with van der Waals surface area (Å²) in [5.74, 6) is 0.889. The first-order valence-electron chi connectivity index (χ1n) is 10.8. The second-order valence-corrected chi connectivity index (χ2v) is 8.79. The number of amides is 1. The van der Waals surface area contributed by atoms with Gasteiger partial charge in [-0.1, -0.05) is 42.0 Å². The molecule has 3 aromatic rings. The number of aryl methyl sites for hydroxylation is 1. The van der Waals surface area contributed by atoms with Crippen molar-refractivity contribution in [1.29, 1.82) is 0 Å². The van der Waals surface area contributed by atoms with Gasteiger partial charge in [0.25, 0.3) is 0 Å². The van der Waals surface area contributed by atoms with Crippen molar-refractivity contribution in [2.45, 2.75) is 44.8 Å². The minimum Gasteiger partial charge on any atom is -0.349 e. The summed E-state index contributed by atoms with van der Waals surface area (Å²) in [5, 5.41) is 7.76. The first kappa shape index (κ1) is 19.9. The van der Waals surface area contributed by atoms with Gasteiger partial charge in [0.15, 0.2) is 5.82 Å². The minimum atomic E-state index is -0.322. The van der Waals surface area contributed by atoms with E-state index in [-0.39, 0.29) is 23.8 Å². The van der Waals surface area contributed by atoms with Crippen molar-refractivity contribution >= 4 is 5.91 Å². The number of carbonyl (C=O) groups excluding carboxylic acids is 1. The van der Waals surface area contributed by atoms with Gasteiger partial charge in [0.2, 0.25) is 5.91 Å². The van der Waals surface area contributed by atoms with Gasteiger partial charge < -0.3 is 5.32 Å². The van der Waals surface area contributed by atoms with E-state index in [1.54, 1.807) is 16.8 Å². The highest BCUT2D eigenvalue weighted by Gasteiger charge is 2.39. The van der Waals surface area contributed by atoms with E-state index in [0.717, 1.165) is 38.3 Å². The maximum absolute atomic E-state index is 13.6. The monoisotopic (exact) mass is 419 g/mol. The molecule has 0 unspecified atom stereocenters. The lowest BCUT2D eigenvalue weighted by molar-refractivity contribution is -0.123. The molecule has 2 aliphatic rings. The van der Waals surface area contributed by atoms with Gasteiger partial charge in [0, 0.05) is 37.2 Å². The molecule has 0 bridgehead atoms. The van der Waals surface area contributed by atoms with Crippen molar-refractivity contribution in [3.63, 3.8) is 0 Å². The molecule has 1 fully saturated rings. The van der Waals surface area contributed by atoms with Gasteiger partial charge in [0.05, 0.1) is 0 Å². The average Bonchev–Trinajstić information content (AvgIpc) is 3.07. The summed E-state index contributed by atoms with van der Waals surface area (Å²) in [5.41, 5.74) is 2.90. The van der Waals surface area contributed by atoms with Gasteiger partial charge in [-0.3, -0.25) is 9.69 Å². The molecule has 1 amide bonds. The van der Waals surface area contributed by atoms with Crippen LogP contribution < -0.4 is 5.32 Å². The third kappa shape index (κ3) is 4.23. The summed E-state index contributed by atoms with van der Waals surface area (Å²) >= 11 is 0. The summed E-state index contributed by atoms with van der Waals surface area (Å²) in [7, 11) is 0. The number of hydrogen-bond donors (Lipinski definition) is 1. The molecular formula is C24H26FN5O. The highest BCUT2D eigenvalue weighted by Crippen LogP contribution is 2.30. The van der Waals surface area contributed by atoms with Crippen molar-refractivity contribution in [3.8, 4) is 11.4 Å². The first-order valence-corrected chi connectivity index (χ1v) is 10.8. The smallest absolute Gasteiger partial charge is 0.242 e. The Bertz CT molecular complexity index is 1100. The Kier molecular flexibility index (Phi) is 5.06. The van der Waals surface area contributed by atoms with E-state index in [2.05, 4.69) is 51.5 Å². The Morgan fingerprint density at radius 1 is 1.13 bits per heavy atom. The molecule has 3 heterocycles. The van der Waals surface area contributed by atoms with Gasteiger partial charge >= 0.3 is 0 Å². The fraction of sp³-hybridized carbons (Fsp3) is 0.375. The van der Waals surface area contributed by atoms with Crippen molar-refractivity contribution in [2.75, 3.05) is 13.1 Å². The summed E-state index contributed by atoms with van der Waals surface area (Å²) in [6.45, 7) is 5.00. The van der Waals surface area contributed by atoms with Crippen LogP contribution in [0.25, 0.3) is 11.4 Å². The Morgan fingerprint density at radius 2 is 1.90 bits per heavy atom. The first-order chi connectivity index (χ1) is 15.0. The molecule has 7 heteroatoms. The molecule has 6 nitrogen and oxygen atoms in total. The minimum absolute atomic E-state index is 0.0403. The quantitative estimate of drug-likeness (QED) is 0.709. The van der Waals surface area contributed by atoms with Crippen LogP contribution in [0, 0.1) is 12.7 Å². The molecule has 0 radical (unpaired) electrons. The number of aromatic nitrogens is 3.